The van der Waals surface area contributed by atoms with Crippen LogP contribution >= 0.6 is 11.3 Å². The van der Waals surface area contributed by atoms with Crippen LogP contribution in [0.5, 0.6) is 0 Å². The lowest BCUT2D eigenvalue weighted by atomic mass is 10.1. The van der Waals surface area contributed by atoms with E-state index >= 15 is 0 Å². The molecule has 1 fully saturated rings. The average molecular weight is 488 g/mol. The third-order valence-electron chi connectivity index (χ3n) is 5.77. The molecule has 0 saturated carbocycles. The Morgan fingerprint density at radius 3 is 2.66 bits per heavy atom. The van der Waals surface area contributed by atoms with Gasteiger partial charge in [-0.05, 0) is 48.1 Å². The van der Waals surface area contributed by atoms with Gasteiger partial charge in [0, 0.05) is 49.7 Å². The van der Waals surface area contributed by atoms with E-state index in [1.165, 1.54) is 37.2 Å². The highest BCUT2D eigenvalue weighted by molar-refractivity contribution is 7.89. The smallest absolute Gasteiger partial charge is 0.337 e. The fourth-order valence-electron chi connectivity index (χ4n) is 4.13. The summed E-state index contributed by atoms with van der Waals surface area (Å²) in [5.74, 6) is -0.366. The van der Waals surface area contributed by atoms with Crippen molar-refractivity contribution >= 4 is 27.3 Å². The van der Waals surface area contributed by atoms with Gasteiger partial charge >= 0.3 is 6.18 Å². The molecule has 0 unspecified atom stereocenters. The minimum atomic E-state index is -4.28. The molecule has 2 aliphatic rings. The number of halogens is 3. The molecule has 0 radical (unpaired) electrons. The number of fused-ring (bicyclic) bond motifs is 1. The van der Waals surface area contributed by atoms with Crippen molar-refractivity contribution in [2.75, 3.05) is 39.3 Å². The van der Waals surface area contributed by atoms with Crippen molar-refractivity contribution in [3.63, 3.8) is 0 Å². The summed E-state index contributed by atoms with van der Waals surface area (Å²) in [4.78, 5) is 17.0. The first kappa shape index (κ1) is 23.2. The molecule has 1 aromatic heterocycles. The summed E-state index contributed by atoms with van der Waals surface area (Å²) < 4.78 is 65.9. The lowest BCUT2D eigenvalue weighted by Gasteiger charge is -2.26. The van der Waals surface area contributed by atoms with Crippen molar-refractivity contribution in [3.05, 3.63) is 51.7 Å². The number of alkyl halides is 3. The molecule has 3 heterocycles. The van der Waals surface area contributed by atoms with Crippen LogP contribution in [-0.4, -0.2) is 73.9 Å². The molecular weight excluding hydrogens is 463 g/mol. The van der Waals surface area contributed by atoms with Gasteiger partial charge in [-0.2, -0.15) is 17.5 Å². The van der Waals surface area contributed by atoms with Gasteiger partial charge in [-0.3, -0.25) is 9.69 Å². The number of thiophene rings is 1. The molecule has 0 bridgehead atoms. The average Bonchev–Trinajstić information content (AvgIpc) is 3.11. The van der Waals surface area contributed by atoms with Crippen LogP contribution in [0.3, 0.4) is 0 Å². The standard InChI is InChI=1S/C21H24F3N3O3S2/c22-21(23,24)15-25-7-2-8-26(11-10-25)20(28)16-3-1-4-18(13-16)32(29,30)27-9-5-19-17(14-27)6-12-31-19/h1,3-4,6,12-13H,2,5,7-11,14-15H2. The molecule has 0 N–H and O–H groups in total. The second kappa shape index (κ2) is 9.12. The predicted molar refractivity (Wildman–Crippen MR) is 115 cm³/mol. The van der Waals surface area contributed by atoms with Crippen molar-refractivity contribution < 1.29 is 26.4 Å². The molecule has 2 aliphatic heterocycles. The van der Waals surface area contributed by atoms with Gasteiger partial charge in [0.05, 0.1) is 11.4 Å². The second-order valence-corrected chi connectivity index (χ2v) is 11.0. The topological polar surface area (TPSA) is 60.9 Å². The number of carbonyl (C=O) groups excluding carboxylic acids is 1. The maximum atomic E-state index is 13.2. The van der Waals surface area contributed by atoms with Crippen LogP contribution in [0.15, 0.2) is 40.6 Å². The Morgan fingerprint density at radius 2 is 1.88 bits per heavy atom. The minimum absolute atomic E-state index is 0.0514. The normalized spacial score (nSPS) is 18.9. The zero-order valence-electron chi connectivity index (χ0n) is 17.3. The van der Waals surface area contributed by atoms with Gasteiger partial charge in [-0.1, -0.05) is 6.07 Å². The molecular formula is C21H24F3N3O3S2. The third kappa shape index (κ3) is 5.16. The van der Waals surface area contributed by atoms with E-state index < -0.39 is 22.7 Å². The molecule has 0 spiro atoms. The van der Waals surface area contributed by atoms with E-state index in [2.05, 4.69) is 0 Å². The van der Waals surface area contributed by atoms with Gasteiger partial charge in [0.2, 0.25) is 10.0 Å². The molecule has 1 aromatic carbocycles. The van der Waals surface area contributed by atoms with Gasteiger partial charge in [0.1, 0.15) is 0 Å². The zero-order valence-corrected chi connectivity index (χ0v) is 19.0. The summed E-state index contributed by atoms with van der Waals surface area (Å²) in [6.07, 6.45) is -3.19. The summed E-state index contributed by atoms with van der Waals surface area (Å²) in [7, 11) is -3.77. The van der Waals surface area contributed by atoms with Crippen molar-refractivity contribution in [2.45, 2.75) is 30.5 Å². The van der Waals surface area contributed by atoms with Gasteiger partial charge in [0.25, 0.3) is 5.91 Å². The fraction of sp³-hybridized carbons (Fsp3) is 0.476. The highest BCUT2D eigenvalue weighted by atomic mass is 32.2. The van der Waals surface area contributed by atoms with E-state index in [0.717, 1.165) is 5.56 Å². The lowest BCUT2D eigenvalue weighted by Crippen LogP contribution is -2.38. The molecule has 6 nitrogen and oxygen atoms in total. The maximum absolute atomic E-state index is 13.2. The van der Waals surface area contributed by atoms with Crippen LogP contribution < -0.4 is 0 Å². The molecule has 0 aliphatic carbocycles. The highest BCUT2D eigenvalue weighted by Crippen LogP contribution is 2.28. The Morgan fingerprint density at radius 1 is 1.06 bits per heavy atom. The first-order valence-corrected chi connectivity index (χ1v) is 12.7. The fourth-order valence-corrected chi connectivity index (χ4v) is 6.49. The van der Waals surface area contributed by atoms with E-state index in [-0.39, 0.29) is 36.0 Å². The van der Waals surface area contributed by atoms with Gasteiger partial charge in [0.15, 0.2) is 0 Å². The van der Waals surface area contributed by atoms with Crippen LogP contribution in [0, 0.1) is 0 Å². The van der Waals surface area contributed by atoms with E-state index in [9.17, 15) is 26.4 Å². The van der Waals surface area contributed by atoms with Crippen molar-refractivity contribution in [2.24, 2.45) is 0 Å². The number of benzene rings is 1. The van der Waals surface area contributed by atoms with E-state index in [1.54, 1.807) is 17.4 Å². The van der Waals surface area contributed by atoms with Crippen LogP contribution in [0.2, 0.25) is 0 Å². The first-order chi connectivity index (χ1) is 15.1. The van der Waals surface area contributed by atoms with E-state index in [0.29, 0.717) is 32.5 Å². The Labute approximate surface area is 189 Å². The number of sulfonamides is 1. The zero-order chi connectivity index (χ0) is 22.9. The number of carbonyl (C=O) groups is 1. The van der Waals surface area contributed by atoms with Gasteiger partial charge in [-0.15, -0.1) is 11.3 Å². The quantitative estimate of drug-likeness (QED) is 0.665. The Hall–Kier alpha value is -1.95. The SMILES string of the molecule is O=C(c1cccc(S(=O)(=O)N2CCc3sccc3C2)c1)N1CCCN(CC(F)(F)F)CC1. The number of rotatable bonds is 4. The molecule has 174 valence electrons. The number of hydrogen-bond acceptors (Lipinski definition) is 5. The molecule has 1 saturated heterocycles. The second-order valence-electron chi connectivity index (χ2n) is 8.02. The summed E-state index contributed by atoms with van der Waals surface area (Å²) in [5.41, 5.74) is 1.23. The van der Waals surface area contributed by atoms with Crippen LogP contribution in [0.4, 0.5) is 13.2 Å². The van der Waals surface area contributed by atoms with Crippen molar-refractivity contribution in [1.82, 2.24) is 14.1 Å². The molecule has 4 rings (SSSR count). The first-order valence-electron chi connectivity index (χ1n) is 10.4. The molecule has 0 atom stereocenters. The van der Waals surface area contributed by atoms with Gasteiger partial charge in [-0.25, -0.2) is 8.42 Å². The molecule has 11 heteroatoms. The van der Waals surface area contributed by atoms with Crippen molar-refractivity contribution in [1.29, 1.82) is 0 Å². The van der Waals surface area contributed by atoms with E-state index in [4.69, 9.17) is 0 Å². The summed E-state index contributed by atoms with van der Waals surface area (Å²) in [6, 6.07) is 7.87. The molecule has 32 heavy (non-hydrogen) atoms. The lowest BCUT2D eigenvalue weighted by molar-refractivity contribution is -0.145. The van der Waals surface area contributed by atoms with Crippen molar-refractivity contribution in [3.8, 4) is 0 Å². The van der Waals surface area contributed by atoms with Crippen LogP contribution in [0.1, 0.15) is 27.2 Å². The van der Waals surface area contributed by atoms with E-state index in [1.807, 2.05) is 11.4 Å². The van der Waals surface area contributed by atoms with Crippen LogP contribution in [0.25, 0.3) is 0 Å². The maximum Gasteiger partial charge on any atom is 0.401 e. The largest absolute Gasteiger partial charge is 0.401 e. The monoisotopic (exact) mass is 487 g/mol. The third-order valence-corrected chi connectivity index (χ3v) is 8.63. The minimum Gasteiger partial charge on any atom is -0.337 e. The number of hydrogen-bond donors (Lipinski definition) is 0. The summed E-state index contributed by atoms with van der Waals surface area (Å²) >= 11 is 1.62. The molecule has 2 aromatic rings. The molecule has 1 amide bonds. The Bertz CT molecular complexity index is 1090. The highest BCUT2D eigenvalue weighted by Gasteiger charge is 2.33. The Kier molecular flexibility index (Phi) is 6.62. The number of nitrogens with zero attached hydrogens (tertiary/aromatic N) is 3. The predicted octanol–water partition coefficient (Wildman–Crippen LogP) is 3.21. The Balaban J connectivity index is 1.47. The summed E-state index contributed by atoms with van der Waals surface area (Å²) in [5, 5.41) is 1.96. The number of amides is 1. The summed E-state index contributed by atoms with van der Waals surface area (Å²) in [6.45, 7) is 0.577. The van der Waals surface area contributed by atoms with Crippen LogP contribution in [-0.2, 0) is 23.0 Å². The van der Waals surface area contributed by atoms with Gasteiger partial charge < -0.3 is 4.90 Å².